The highest BCUT2D eigenvalue weighted by Gasteiger charge is 2.34. The van der Waals surface area contributed by atoms with E-state index in [0.717, 1.165) is 28.5 Å². The molecule has 0 bridgehead atoms. The molecule has 1 aliphatic rings. The number of carboxylic acid groups (broad SMARTS) is 1. The van der Waals surface area contributed by atoms with Crippen LogP contribution in [0.1, 0.15) is 29.2 Å². The van der Waals surface area contributed by atoms with Gasteiger partial charge in [-0.3, -0.25) is 4.79 Å². The molecule has 0 radical (unpaired) electrons. The van der Waals surface area contributed by atoms with Gasteiger partial charge in [0.2, 0.25) is 11.8 Å². The Labute approximate surface area is 219 Å². The van der Waals surface area contributed by atoms with Crippen molar-refractivity contribution in [3.63, 3.8) is 0 Å². The van der Waals surface area contributed by atoms with E-state index < -0.39 is 18.6 Å². The highest BCUT2D eigenvalue weighted by molar-refractivity contribution is 6.30. The first-order valence-electron chi connectivity index (χ1n) is 11.9. The molecule has 1 aliphatic heterocycles. The summed E-state index contributed by atoms with van der Waals surface area (Å²) in [6.45, 7) is 0.518. The van der Waals surface area contributed by atoms with E-state index in [1.165, 1.54) is 0 Å². The average Bonchev–Trinajstić information content (AvgIpc) is 3.32. The first-order chi connectivity index (χ1) is 17.9. The Morgan fingerprint density at radius 1 is 1.14 bits per heavy atom. The van der Waals surface area contributed by atoms with Crippen molar-refractivity contribution in [2.75, 3.05) is 20.3 Å². The lowest BCUT2D eigenvalue weighted by molar-refractivity contribution is -0.139. The normalized spacial score (nSPS) is 14.9. The molecule has 0 saturated heterocycles. The van der Waals surface area contributed by atoms with Crippen LogP contribution in [0.5, 0.6) is 11.6 Å². The summed E-state index contributed by atoms with van der Waals surface area (Å²) < 4.78 is 12.9. The second-order valence-electron chi connectivity index (χ2n) is 8.85. The number of fused-ring (bicyclic) bond motifs is 2. The van der Waals surface area contributed by atoms with Crippen LogP contribution < -0.4 is 9.47 Å². The second kappa shape index (κ2) is 10.5. The van der Waals surface area contributed by atoms with E-state index in [4.69, 9.17) is 26.2 Å². The Hall–Kier alpha value is -4.04. The van der Waals surface area contributed by atoms with Crippen LogP contribution in [0.15, 0.2) is 67.0 Å². The maximum Gasteiger partial charge on any atom is 0.341 e. The maximum absolute atomic E-state index is 13.7. The molecule has 3 heterocycles. The molecule has 37 heavy (non-hydrogen) atoms. The van der Waals surface area contributed by atoms with Gasteiger partial charge >= 0.3 is 5.97 Å². The minimum absolute atomic E-state index is 0.0217. The lowest BCUT2D eigenvalue weighted by Gasteiger charge is -2.38. The van der Waals surface area contributed by atoms with Gasteiger partial charge in [-0.25, -0.2) is 9.78 Å². The maximum atomic E-state index is 13.7. The molecule has 1 N–H and O–H groups in total. The molecular weight excluding hydrogens is 494 g/mol. The molecule has 1 unspecified atom stereocenters. The lowest BCUT2D eigenvalue weighted by Crippen LogP contribution is -2.41. The van der Waals surface area contributed by atoms with Crippen molar-refractivity contribution in [1.29, 1.82) is 0 Å². The number of carboxylic acids is 1. The lowest BCUT2D eigenvalue weighted by atomic mass is 9.87. The summed E-state index contributed by atoms with van der Waals surface area (Å²) in [5.41, 5.74) is 3.72. The van der Waals surface area contributed by atoms with Crippen molar-refractivity contribution in [1.82, 2.24) is 14.5 Å². The van der Waals surface area contributed by atoms with Crippen molar-refractivity contribution in [2.45, 2.75) is 25.4 Å². The Kier molecular flexibility index (Phi) is 7.01. The van der Waals surface area contributed by atoms with E-state index in [2.05, 4.69) is 11.1 Å². The fraction of sp³-hybridized carbons (Fsp3) is 0.250. The summed E-state index contributed by atoms with van der Waals surface area (Å²) in [6, 6.07) is 16.4. The zero-order valence-corrected chi connectivity index (χ0v) is 21.0. The molecule has 0 spiro atoms. The van der Waals surface area contributed by atoms with Gasteiger partial charge in [0.25, 0.3) is 0 Å². The van der Waals surface area contributed by atoms with Crippen molar-refractivity contribution in [3.8, 4) is 11.6 Å². The molecule has 9 heteroatoms. The summed E-state index contributed by atoms with van der Waals surface area (Å²) in [6.07, 6.45) is 4.69. The number of aliphatic carboxylic acids is 1. The molecule has 8 nitrogen and oxygen atoms in total. The number of benzene rings is 2. The van der Waals surface area contributed by atoms with E-state index in [-0.39, 0.29) is 12.3 Å². The van der Waals surface area contributed by atoms with Gasteiger partial charge in [0, 0.05) is 53.9 Å². The third-order valence-electron chi connectivity index (χ3n) is 6.63. The van der Waals surface area contributed by atoms with Gasteiger partial charge in [-0.05, 0) is 41.8 Å². The van der Waals surface area contributed by atoms with Crippen molar-refractivity contribution in [2.24, 2.45) is 0 Å². The topological polar surface area (TPSA) is 93.9 Å². The van der Waals surface area contributed by atoms with Crippen LogP contribution in [0.25, 0.3) is 10.9 Å². The molecule has 1 atom stereocenters. The largest absolute Gasteiger partial charge is 0.482 e. The van der Waals surface area contributed by atoms with Gasteiger partial charge in [-0.1, -0.05) is 35.9 Å². The van der Waals surface area contributed by atoms with E-state index in [1.807, 2.05) is 46.0 Å². The molecule has 2 aromatic heterocycles. The summed E-state index contributed by atoms with van der Waals surface area (Å²) >= 11 is 6.37. The number of rotatable bonds is 8. The van der Waals surface area contributed by atoms with Crippen LogP contribution in [0.2, 0.25) is 5.02 Å². The van der Waals surface area contributed by atoms with Gasteiger partial charge < -0.3 is 24.0 Å². The SMILES string of the molecule is COc1cc2c(ccn2CCC(=O)N2CCc3ccccc3C2c2cc(Cl)ccc2OCC(=O)O)cn1. The Morgan fingerprint density at radius 3 is 2.78 bits per heavy atom. The summed E-state index contributed by atoms with van der Waals surface area (Å²) in [4.78, 5) is 31.0. The van der Waals surface area contributed by atoms with Crippen LogP contribution in [0.3, 0.4) is 0 Å². The van der Waals surface area contributed by atoms with Gasteiger partial charge in [0.1, 0.15) is 5.75 Å². The van der Waals surface area contributed by atoms with Crippen LogP contribution in [-0.4, -0.2) is 51.7 Å². The first-order valence-corrected chi connectivity index (χ1v) is 12.3. The minimum Gasteiger partial charge on any atom is -0.482 e. The third-order valence-corrected chi connectivity index (χ3v) is 6.86. The Bertz CT molecular complexity index is 1470. The molecule has 5 rings (SSSR count). The number of halogens is 1. The fourth-order valence-electron chi connectivity index (χ4n) is 4.91. The second-order valence-corrected chi connectivity index (χ2v) is 9.28. The van der Waals surface area contributed by atoms with Gasteiger partial charge in [0.05, 0.1) is 18.7 Å². The Balaban J connectivity index is 1.47. The molecular formula is C28H26ClN3O5. The smallest absolute Gasteiger partial charge is 0.341 e. The van der Waals surface area contributed by atoms with Crippen LogP contribution in [0, 0.1) is 0 Å². The Morgan fingerprint density at radius 2 is 1.97 bits per heavy atom. The first kappa shape index (κ1) is 24.6. The number of carbonyl (C=O) groups is 2. The monoisotopic (exact) mass is 519 g/mol. The number of ether oxygens (including phenoxy) is 2. The van der Waals surface area contributed by atoms with Crippen molar-refractivity contribution in [3.05, 3.63) is 88.7 Å². The zero-order chi connectivity index (χ0) is 25.9. The van der Waals surface area contributed by atoms with Gasteiger partial charge in [-0.15, -0.1) is 0 Å². The third kappa shape index (κ3) is 5.11. The van der Waals surface area contributed by atoms with Crippen molar-refractivity contribution >= 4 is 34.4 Å². The number of carbonyl (C=O) groups excluding carboxylic acids is 1. The van der Waals surface area contributed by atoms with Gasteiger partial charge in [0.15, 0.2) is 6.61 Å². The molecule has 0 fully saturated rings. The number of methoxy groups -OCH3 is 1. The van der Waals surface area contributed by atoms with Crippen LogP contribution in [-0.2, 0) is 22.6 Å². The quantitative estimate of drug-likeness (QED) is 0.362. The number of aryl methyl sites for hydroxylation is 1. The zero-order valence-electron chi connectivity index (χ0n) is 20.3. The summed E-state index contributed by atoms with van der Waals surface area (Å²) in [5.74, 6) is -0.196. The van der Waals surface area contributed by atoms with Crippen LogP contribution >= 0.6 is 11.6 Å². The molecule has 0 aliphatic carbocycles. The number of hydrogen-bond donors (Lipinski definition) is 1. The molecule has 0 saturated carbocycles. The van der Waals surface area contributed by atoms with E-state index in [0.29, 0.717) is 35.3 Å². The predicted molar refractivity (Wildman–Crippen MR) is 139 cm³/mol. The molecule has 2 aromatic carbocycles. The number of hydrogen-bond acceptors (Lipinski definition) is 5. The van der Waals surface area contributed by atoms with E-state index in [1.54, 1.807) is 31.5 Å². The van der Waals surface area contributed by atoms with Crippen molar-refractivity contribution < 1.29 is 24.2 Å². The molecule has 4 aromatic rings. The minimum atomic E-state index is -1.08. The highest BCUT2D eigenvalue weighted by atomic mass is 35.5. The average molecular weight is 520 g/mol. The number of nitrogens with zero attached hydrogens (tertiary/aromatic N) is 3. The summed E-state index contributed by atoms with van der Waals surface area (Å²) in [7, 11) is 1.57. The number of pyridine rings is 1. The van der Waals surface area contributed by atoms with E-state index >= 15 is 0 Å². The van der Waals surface area contributed by atoms with E-state index in [9.17, 15) is 9.59 Å². The number of amides is 1. The molecule has 190 valence electrons. The standard InChI is InChI=1S/C28H26ClN3O5/c1-36-25-15-23-19(16-30-25)8-11-31(23)12-10-26(33)32-13-9-18-4-2-3-5-21(18)28(32)22-14-20(29)6-7-24(22)37-17-27(34)35/h2-8,11,14-16,28H,9-10,12-13,17H2,1H3,(H,34,35). The summed E-state index contributed by atoms with van der Waals surface area (Å²) in [5, 5.41) is 10.6. The number of aromatic nitrogens is 2. The predicted octanol–water partition coefficient (Wildman–Crippen LogP) is 4.73. The highest BCUT2D eigenvalue weighted by Crippen LogP contribution is 2.40. The van der Waals surface area contributed by atoms with Crippen LogP contribution in [0.4, 0.5) is 0 Å². The molecule has 1 amide bonds. The van der Waals surface area contributed by atoms with Gasteiger partial charge in [-0.2, -0.15) is 0 Å². The fourth-order valence-corrected chi connectivity index (χ4v) is 5.09.